The smallest absolute Gasteiger partial charge is 0.195 e. The normalized spacial score (nSPS) is 15.0. The number of ether oxygens (including phenoxy) is 1. The first-order valence-corrected chi connectivity index (χ1v) is 15.9. The van der Waals surface area contributed by atoms with E-state index in [2.05, 4.69) is 63.5 Å². The highest BCUT2D eigenvalue weighted by atomic mass is 16.5. The van der Waals surface area contributed by atoms with Crippen molar-refractivity contribution in [3.8, 4) is 0 Å². The Hall–Kier alpha value is -2.45. The summed E-state index contributed by atoms with van der Waals surface area (Å²) in [4.78, 5) is 13.7. The summed E-state index contributed by atoms with van der Waals surface area (Å²) in [5, 5.41) is 33.9. The summed E-state index contributed by atoms with van der Waals surface area (Å²) in [6.07, 6.45) is 4.71. The number of nitrogens with one attached hydrogen (secondary N) is 2. The van der Waals surface area contributed by atoms with Crippen molar-refractivity contribution in [2.24, 2.45) is 5.92 Å². The molecule has 0 saturated heterocycles. The lowest BCUT2D eigenvalue weighted by Crippen LogP contribution is -2.29. The molecule has 0 heterocycles. The topological polar surface area (TPSA) is 111 Å². The van der Waals surface area contributed by atoms with Gasteiger partial charge in [-0.3, -0.25) is 4.79 Å². The molecule has 2 aromatic rings. The molecule has 0 aliphatic heterocycles. The molecule has 242 valence electrons. The number of aliphatic hydroxyl groups excluding tert-OH is 1. The second-order valence-electron chi connectivity index (χ2n) is 14.2. The van der Waals surface area contributed by atoms with Crippen LogP contribution in [0, 0.1) is 5.92 Å². The van der Waals surface area contributed by atoms with Gasteiger partial charge in [0.15, 0.2) is 5.78 Å². The van der Waals surface area contributed by atoms with Gasteiger partial charge in [-0.25, -0.2) is 0 Å². The molecule has 0 spiro atoms. The van der Waals surface area contributed by atoms with Crippen LogP contribution in [-0.4, -0.2) is 64.2 Å². The zero-order valence-corrected chi connectivity index (χ0v) is 28.1. The quantitative estimate of drug-likeness (QED) is 0.139. The van der Waals surface area contributed by atoms with Gasteiger partial charge in [0.1, 0.15) is 0 Å². The standard InChI is InChI=1S/C32H48N2O3.C4H10O2/c1-22(2)12-10-19-33-26-15-16-27(34-20-11-17-32(6,7)37-21-18-31(4,5)36)29-28(26)23(3)24-13-8-9-14-25(24)30(29)35;1-4(2,6)3-5/h8-9,13-16,22-23,33-34,36H,10-12,17-21H2,1-7H3;5-6H,3H2,1-2H3. The lowest BCUT2D eigenvalue weighted by molar-refractivity contribution is -0.0503. The first-order chi connectivity index (χ1) is 20.0. The van der Waals surface area contributed by atoms with Crippen LogP contribution in [0.3, 0.4) is 0 Å². The average Bonchev–Trinajstić information content (AvgIpc) is 2.91. The van der Waals surface area contributed by atoms with E-state index in [1.54, 1.807) is 27.7 Å². The van der Waals surface area contributed by atoms with E-state index in [0.29, 0.717) is 18.9 Å². The van der Waals surface area contributed by atoms with Gasteiger partial charge in [0.2, 0.25) is 0 Å². The maximum absolute atomic E-state index is 13.7. The van der Waals surface area contributed by atoms with Crippen molar-refractivity contribution in [3.05, 3.63) is 58.7 Å². The van der Waals surface area contributed by atoms with Crippen molar-refractivity contribution < 1.29 is 24.9 Å². The largest absolute Gasteiger partial charge is 0.393 e. The van der Waals surface area contributed by atoms with Gasteiger partial charge in [-0.05, 0) is 103 Å². The highest BCUT2D eigenvalue weighted by Gasteiger charge is 2.32. The highest BCUT2D eigenvalue weighted by molar-refractivity contribution is 6.16. The monoisotopic (exact) mass is 598 g/mol. The van der Waals surface area contributed by atoms with E-state index in [9.17, 15) is 9.90 Å². The van der Waals surface area contributed by atoms with Crippen LogP contribution in [0.1, 0.15) is 127 Å². The predicted molar refractivity (Wildman–Crippen MR) is 178 cm³/mol. The van der Waals surface area contributed by atoms with Gasteiger partial charge in [-0.15, -0.1) is 0 Å². The third kappa shape index (κ3) is 12.2. The zero-order valence-electron chi connectivity index (χ0n) is 28.1. The minimum absolute atomic E-state index is 0.104. The molecular weight excluding hydrogens is 540 g/mol. The van der Waals surface area contributed by atoms with Crippen LogP contribution in [-0.2, 0) is 4.74 Å². The minimum Gasteiger partial charge on any atom is -0.393 e. The van der Waals surface area contributed by atoms with Gasteiger partial charge in [-0.2, -0.15) is 0 Å². The zero-order chi connectivity index (χ0) is 32.4. The highest BCUT2D eigenvalue weighted by Crippen LogP contribution is 2.43. The van der Waals surface area contributed by atoms with Crippen molar-refractivity contribution in [2.45, 2.75) is 117 Å². The van der Waals surface area contributed by atoms with Crippen LogP contribution >= 0.6 is 0 Å². The van der Waals surface area contributed by atoms with Crippen LogP contribution in [0.4, 0.5) is 11.4 Å². The van der Waals surface area contributed by atoms with Crippen molar-refractivity contribution in [3.63, 3.8) is 0 Å². The van der Waals surface area contributed by atoms with Gasteiger partial charge < -0.3 is 30.7 Å². The first-order valence-electron chi connectivity index (χ1n) is 15.9. The van der Waals surface area contributed by atoms with Gasteiger partial charge in [0, 0.05) is 35.9 Å². The van der Waals surface area contributed by atoms with Crippen LogP contribution < -0.4 is 10.6 Å². The Balaban J connectivity index is 0.000000973. The van der Waals surface area contributed by atoms with Crippen molar-refractivity contribution >= 4 is 17.2 Å². The fraction of sp³-hybridized carbons (Fsp3) is 0.639. The van der Waals surface area contributed by atoms with Gasteiger partial charge in [0.25, 0.3) is 0 Å². The number of aliphatic hydroxyl groups is 3. The molecule has 1 unspecified atom stereocenters. The molecule has 1 aliphatic carbocycles. The summed E-state index contributed by atoms with van der Waals surface area (Å²) in [6, 6.07) is 12.2. The second kappa shape index (κ2) is 16.0. The van der Waals surface area contributed by atoms with Crippen molar-refractivity contribution in [2.75, 3.05) is 36.9 Å². The van der Waals surface area contributed by atoms with Gasteiger partial charge >= 0.3 is 0 Å². The molecule has 2 aromatic carbocycles. The van der Waals surface area contributed by atoms with Crippen LogP contribution in [0.2, 0.25) is 0 Å². The van der Waals surface area contributed by atoms with E-state index in [4.69, 9.17) is 14.9 Å². The van der Waals surface area contributed by atoms with E-state index in [1.807, 2.05) is 18.2 Å². The second-order valence-corrected chi connectivity index (χ2v) is 14.2. The number of ketones is 1. The third-order valence-corrected chi connectivity index (χ3v) is 7.72. The molecule has 0 bridgehead atoms. The van der Waals surface area contributed by atoms with E-state index in [-0.39, 0.29) is 23.9 Å². The van der Waals surface area contributed by atoms with E-state index in [0.717, 1.165) is 66.0 Å². The summed E-state index contributed by atoms with van der Waals surface area (Å²) < 4.78 is 6.05. The molecule has 0 radical (unpaired) electrons. The Labute approximate surface area is 260 Å². The fourth-order valence-electron chi connectivity index (χ4n) is 5.11. The Bertz CT molecular complexity index is 1160. The lowest BCUT2D eigenvalue weighted by Gasteiger charge is -2.30. The predicted octanol–water partition coefficient (Wildman–Crippen LogP) is 7.13. The average molecular weight is 599 g/mol. The van der Waals surface area contributed by atoms with E-state index in [1.165, 1.54) is 6.42 Å². The molecule has 0 aromatic heterocycles. The molecule has 3 rings (SSSR count). The Morgan fingerprint density at radius 1 is 0.860 bits per heavy atom. The van der Waals surface area contributed by atoms with Crippen LogP contribution in [0.25, 0.3) is 0 Å². The number of fused-ring (bicyclic) bond motifs is 2. The van der Waals surface area contributed by atoms with Gasteiger partial charge in [-0.1, -0.05) is 45.0 Å². The lowest BCUT2D eigenvalue weighted by atomic mass is 9.77. The summed E-state index contributed by atoms with van der Waals surface area (Å²) in [5.41, 5.74) is 3.93. The van der Waals surface area contributed by atoms with Crippen LogP contribution in [0.15, 0.2) is 36.4 Å². The molecule has 7 nitrogen and oxygen atoms in total. The van der Waals surface area contributed by atoms with Crippen molar-refractivity contribution in [1.82, 2.24) is 0 Å². The first kappa shape index (κ1) is 36.7. The maximum atomic E-state index is 13.7. The van der Waals surface area contributed by atoms with E-state index >= 15 is 0 Å². The molecule has 7 heteroatoms. The van der Waals surface area contributed by atoms with Crippen molar-refractivity contribution in [1.29, 1.82) is 0 Å². The fourth-order valence-corrected chi connectivity index (χ4v) is 5.11. The summed E-state index contributed by atoms with van der Waals surface area (Å²) >= 11 is 0. The summed E-state index contributed by atoms with van der Waals surface area (Å²) in [7, 11) is 0. The molecule has 5 N–H and O–H groups in total. The Kier molecular flexibility index (Phi) is 13.7. The molecule has 1 aliphatic rings. The molecular formula is C36H58N2O5. The molecule has 0 fully saturated rings. The van der Waals surface area contributed by atoms with Crippen LogP contribution in [0.5, 0.6) is 0 Å². The SMILES string of the molecule is CC(C)(O)CO.CC(C)CCCNc1ccc(NCCCC(C)(C)OCCC(C)(C)O)c2c1C(C)c1ccccc1C2=O. The number of rotatable bonds is 15. The number of benzene rings is 2. The minimum atomic E-state index is -0.903. The van der Waals surface area contributed by atoms with Gasteiger partial charge in [0.05, 0.1) is 35.6 Å². The number of carbonyl (C=O) groups is 1. The number of carbonyl (C=O) groups excluding carboxylic acids is 1. The number of anilines is 2. The van der Waals surface area contributed by atoms with E-state index < -0.39 is 11.2 Å². The Morgan fingerprint density at radius 3 is 2.05 bits per heavy atom. The summed E-state index contributed by atoms with van der Waals surface area (Å²) in [6.45, 7) is 19.6. The molecule has 0 amide bonds. The number of hydrogen-bond acceptors (Lipinski definition) is 7. The summed E-state index contributed by atoms with van der Waals surface area (Å²) in [5.74, 6) is 0.931. The number of hydrogen-bond donors (Lipinski definition) is 5. The Morgan fingerprint density at radius 2 is 1.44 bits per heavy atom. The maximum Gasteiger partial charge on any atom is 0.195 e. The molecule has 1 atom stereocenters. The third-order valence-electron chi connectivity index (χ3n) is 7.72. The molecule has 43 heavy (non-hydrogen) atoms. The molecule has 0 saturated carbocycles.